The predicted molar refractivity (Wildman–Crippen MR) is 160 cm³/mol. The van der Waals surface area contributed by atoms with Crippen molar-refractivity contribution in [3.05, 3.63) is 23.3 Å². The van der Waals surface area contributed by atoms with Crippen molar-refractivity contribution in [3.63, 3.8) is 0 Å². The molecule has 0 atom stereocenters. The SMILES string of the molecule is CCCCCCCCCCCCCCCCCCOC(=O)CCSc1cc(C)c(N)c(C(C)(C)C)c1. The minimum Gasteiger partial charge on any atom is -0.466 e. The van der Waals surface area contributed by atoms with E-state index in [9.17, 15) is 4.79 Å². The summed E-state index contributed by atoms with van der Waals surface area (Å²) >= 11 is 1.71. The van der Waals surface area contributed by atoms with Crippen LogP contribution in [-0.4, -0.2) is 18.3 Å². The number of ether oxygens (including phenoxy) is 1. The van der Waals surface area contributed by atoms with E-state index < -0.39 is 0 Å². The van der Waals surface area contributed by atoms with Crippen LogP contribution in [0.4, 0.5) is 5.69 Å². The van der Waals surface area contributed by atoms with Gasteiger partial charge in [0.25, 0.3) is 0 Å². The summed E-state index contributed by atoms with van der Waals surface area (Å²) in [5.74, 6) is 0.664. The molecule has 0 aliphatic rings. The molecule has 0 saturated carbocycles. The van der Waals surface area contributed by atoms with Crippen molar-refractivity contribution in [3.8, 4) is 0 Å². The molecule has 1 aromatic rings. The highest BCUT2D eigenvalue weighted by Crippen LogP contribution is 2.34. The molecule has 0 bridgehead atoms. The summed E-state index contributed by atoms with van der Waals surface area (Å²) in [4.78, 5) is 13.3. The molecule has 0 amide bonds. The Bertz CT molecular complexity index is 711. The summed E-state index contributed by atoms with van der Waals surface area (Å²) in [6.07, 6.45) is 22.1. The summed E-state index contributed by atoms with van der Waals surface area (Å²) in [7, 11) is 0. The third kappa shape index (κ3) is 15.8. The Hall–Kier alpha value is -1.16. The van der Waals surface area contributed by atoms with Crippen LogP contribution in [0.15, 0.2) is 17.0 Å². The zero-order valence-corrected chi connectivity index (χ0v) is 25.2. The van der Waals surface area contributed by atoms with Crippen LogP contribution < -0.4 is 5.73 Å². The average Bonchev–Trinajstić information content (AvgIpc) is 2.82. The molecule has 36 heavy (non-hydrogen) atoms. The molecule has 0 saturated heterocycles. The molecule has 0 fully saturated rings. The highest BCUT2D eigenvalue weighted by atomic mass is 32.2. The zero-order chi connectivity index (χ0) is 26.7. The molecular formula is C32H57NO2S. The molecule has 0 aromatic heterocycles. The number of benzene rings is 1. The molecule has 0 unspecified atom stereocenters. The van der Waals surface area contributed by atoms with Crippen molar-refractivity contribution in [2.45, 2.75) is 154 Å². The van der Waals surface area contributed by atoms with Crippen molar-refractivity contribution >= 4 is 23.4 Å². The lowest BCUT2D eigenvalue weighted by Gasteiger charge is -2.23. The lowest BCUT2D eigenvalue weighted by atomic mass is 9.85. The topological polar surface area (TPSA) is 52.3 Å². The van der Waals surface area contributed by atoms with Crippen molar-refractivity contribution in [2.75, 3.05) is 18.1 Å². The predicted octanol–water partition coefficient (Wildman–Crippen LogP) is 10.2. The maximum Gasteiger partial charge on any atom is 0.306 e. The number of rotatable bonds is 21. The van der Waals surface area contributed by atoms with E-state index in [1.165, 1.54) is 107 Å². The molecule has 0 radical (unpaired) electrons. The Labute approximate surface area is 228 Å². The first-order valence-electron chi connectivity index (χ1n) is 14.9. The van der Waals surface area contributed by atoms with Gasteiger partial charge in [0, 0.05) is 16.3 Å². The Balaban J connectivity index is 1.96. The Morgan fingerprint density at radius 1 is 0.806 bits per heavy atom. The quantitative estimate of drug-likeness (QED) is 0.0759. The number of thioether (sulfide) groups is 1. The first kappa shape index (κ1) is 32.9. The van der Waals surface area contributed by atoms with Crippen LogP contribution in [0.2, 0.25) is 0 Å². The van der Waals surface area contributed by atoms with Gasteiger partial charge in [-0.1, -0.05) is 124 Å². The lowest BCUT2D eigenvalue weighted by molar-refractivity contribution is -0.143. The molecule has 1 aromatic carbocycles. The highest BCUT2D eigenvalue weighted by Gasteiger charge is 2.19. The van der Waals surface area contributed by atoms with Gasteiger partial charge in [-0.15, -0.1) is 11.8 Å². The fraction of sp³-hybridized carbons (Fsp3) is 0.781. The number of carbonyl (C=O) groups is 1. The number of hydrogen-bond donors (Lipinski definition) is 1. The Morgan fingerprint density at radius 3 is 1.75 bits per heavy atom. The first-order chi connectivity index (χ1) is 17.3. The molecule has 1 rings (SSSR count). The van der Waals surface area contributed by atoms with Gasteiger partial charge < -0.3 is 10.5 Å². The van der Waals surface area contributed by atoms with Gasteiger partial charge in [-0.2, -0.15) is 0 Å². The van der Waals surface area contributed by atoms with Crippen LogP contribution >= 0.6 is 11.8 Å². The van der Waals surface area contributed by atoms with Crippen LogP contribution in [0.25, 0.3) is 0 Å². The number of aryl methyl sites for hydroxylation is 1. The Morgan fingerprint density at radius 2 is 1.28 bits per heavy atom. The van der Waals surface area contributed by atoms with Gasteiger partial charge in [0.05, 0.1) is 13.0 Å². The molecule has 208 valence electrons. The van der Waals surface area contributed by atoms with Gasteiger partial charge in [0.2, 0.25) is 0 Å². The summed E-state index contributed by atoms with van der Waals surface area (Å²) < 4.78 is 5.45. The maximum atomic E-state index is 12.1. The highest BCUT2D eigenvalue weighted by molar-refractivity contribution is 7.99. The van der Waals surface area contributed by atoms with Crippen molar-refractivity contribution in [1.82, 2.24) is 0 Å². The standard InChI is InChI=1S/C32H57NO2S/c1-6-7-8-9-10-11-12-13-14-15-16-17-18-19-20-21-23-35-30(34)22-24-36-28-25-27(2)31(33)29(26-28)32(3,4)5/h25-26H,6-24,33H2,1-5H3. The molecule has 4 heteroatoms. The van der Waals surface area contributed by atoms with E-state index in [1.54, 1.807) is 11.8 Å². The van der Waals surface area contributed by atoms with E-state index in [4.69, 9.17) is 10.5 Å². The van der Waals surface area contributed by atoms with E-state index in [-0.39, 0.29) is 11.4 Å². The number of unbranched alkanes of at least 4 members (excludes halogenated alkanes) is 15. The first-order valence-corrected chi connectivity index (χ1v) is 15.9. The largest absolute Gasteiger partial charge is 0.466 e. The van der Waals surface area contributed by atoms with Gasteiger partial charge >= 0.3 is 5.97 Å². The molecule has 2 N–H and O–H groups in total. The summed E-state index contributed by atoms with van der Waals surface area (Å²) in [6, 6.07) is 4.30. The molecule has 0 heterocycles. The van der Waals surface area contributed by atoms with Gasteiger partial charge in [0.15, 0.2) is 0 Å². The number of nitrogens with two attached hydrogens (primary N) is 1. The summed E-state index contributed by atoms with van der Waals surface area (Å²) in [5, 5.41) is 0. The molecule has 0 aliphatic heterocycles. The molecular weight excluding hydrogens is 462 g/mol. The number of nitrogen functional groups attached to an aromatic ring is 1. The maximum absolute atomic E-state index is 12.1. The lowest BCUT2D eigenvalue weighted by Crippen LogP contribution is -2.15. The van der Waals surface area contributed by atoms with Crippen LogP contribution in [0.3, 0.4) is 0 Å². The zero-order valence-electron chi connectivity index (χ0n) is 24.4. The van der Waals surface area contributed by atoms with Crippen molar-refractivity contribution in [2.24, 2.45) is 0 Å². The summed E-state index contributed by atoms with van der Waals surface area (Å²) in [6.45, 7) is 11.5. The van der Waals surface area contributed by atoms with Crippen LogP contribution in [0.1, 0.15) is 148 Å². The van der Waals surface area contributed by atoms with E-state index in [1.807, 2.05) is 0 Å². The van der Waals surface area contributed by atoms with E-state index in [0.717, 1.165) is 23.4 Å². The minimum absolute atomic E-state index is 0.0112. The fourth-order valence-electron chi connectivity index (χ4n) is 4.63. The second-order valence-corrected chi connectivity index (χ2v) is 12.7. The number of esters is 1. The van der Waals surface area contributed by atoms with Crippen LogP contribution in [0.5, 0.6) is 0 Å². The molecule has 0 spiro atoms. The number of carbonyl (C=O) groups excluding carboxylic acids is 1. The third-order valence-electron chi connectivity index (χ3n) is 7.00. The normalized spacial score (nSPS) is 11.7. The van der Waals surface area contributed by atoms with Gasteiger partial charge in [-0.25, -0.2) is 0 Å². The smallest absolute Gasteiger partial charge is 0.306 e. The van der Waals surface area contributed by atoms with E-state index >= 15 is 0 Å². The second-order valence-electron chi connectivity index (χ2n) is 11.6. The third-order valence-corrected chi connectivity index (χ3v) is 7.98. The Kier molecular flexibility index (Phi) is 18.2. The number of hydrogen-bond acceptors (Lipinski definition) is 4. The van der Waals surface area contributed by atoms with E-state index in [2.05, 4.69) is 46.8 Å². The second kappa shape index (κ2) is 19.9. The van der Waals surface area contributed by atoms with Gasteiger partial charge in [-0.05, 0) is 42.0 Å². The van der Waals surface area contributed by atoms with Crippen LogP contribution in [0, 0.1) is 6.92 Å². The van der Waals surface area contributed by atoms with Gasteiger partial charge in [-0.3, -0.25) is 4.79 Å². The van der Waals surface area contributed by atoms with Crippen molar-refractivity contribution < 1.29 is 9.53 Å². The fourth-order valence-corrected chi connectivity index (χ4v) is 5.60. The van der Waals surface area contributed by atoms with Crippen LogP contribution in [-0.2, 0) is 14.9 Å². The van der Waals surface area contributed by atoms with E-state index in [0.29, 0.717) is 13.0 Å². The average molecular weight is 520 g/mol. The summed E-state index contributed by atoms with van der Waals surface area (Å²) in [5.41, 5.74) is 9.46. The molecule has 3 nitrogen and oxygen atoms in total. The van der Waals surface area contributed by atoms with Gasteiger partial charge in [0.1, 0.15) is 0 Å². The number of anilines is 1. The molecule has 0 aliphatic carbocycles. The minimum atomic E-state index is -0.0772. The van der Waals surface area contributed by atoms with Crippen molar-refractivity contribution in [1.29, 1.82) is 0 Å². The monoisotopic (exact) mass is 519 g/mol.